The molecule has 1 saturated heterocycles. The third kappa shape index (κ3) is 6.13. The van der Waals surface area contributed by atoms with Gasteiger partial charge in [-0.05, 0) is 54.3 Å². The van der Waals surface area contributed by atoms with E-state index in [2.05, 4.69) is 0 Å². The van der Waals surface area contributed by atoms with Crippen LogP contribution >= 0.6 is 11.6 Å². The summed E-state index contributed by atoms with van der Waals surface area (Å²) in [5.74, 6) is -1.13. The Kier molecular flexibility index (Phi) is 7.83. The van der Waals surface area contributed by atoms with Crippen molar-refractivity contribution in [3.8, 4) is 5.75 Å². The van der Waals surface area contributed by atoms with Crippen molar-refractivity contribution in [1.82, 2.24) is 9.80 Å². The lowest BCUT2D eigenvalue weighted by Gasteiger charge is -2.42. The topological polar surface area (TPSA) is 96.4 Å². The molecular weight excluding hydrogens is 532 g/mol. The van der Waals surface area contributed by atoms with E-state index < -0.39 is 30.6 Å². The molecule has 0 aromatic heterocycles. The molecule has 3 aromatic carbocycles. The minimum Gasteiger partial charge on any atom is -0.487 e. The number of carboxylic acid groups (broad SMARTS) is 1. The molecule has 2 aliphatic heterocycles. The standard InChI is InChI=1S/C31H31ClN2O6/c1-31(2)15-23-13-21(11-12-25(23)40-31)16-33(18-27(36)37)30(38)29-28(22-8-4-3-5-9-22)34(26(35)19-39-29)17-20-7-6-10-24(32)14-20/h3-14,28-29H,15-19H2,1-2H3,(H,36,37)/t28-,29+/m1/s1. The fraction of sp³-hybridized carbons (Fsp3) is 0.323. The van der Waals surface area contributed by atoms with Crippen LogP contribution in [0.5, 0.6) is 5.75 Å². The molecule has 3 aromatic rings. The first-order valence-corrected chi connectivity index (χ1v) is 13.5. The number of hydrogen-bond acceptors (Lipinski definition) is 5. The van der Waals surface area contributed by atoms with Crippen molar-refractivity contribution >= 4 is 29.4 Å². The normalized spacial score (nSPS) is 19.6. The van der Waals surface area contributed by atoms with E-state index in [-0.39, 0.29) is 31.2 Å². The molecule has 40 heavy (non-hydrogen) atoms. The monoisotopic (exact) mass is 562 g/mol. The number of aliphatic carboxylic acids is 1. The van der Waals surface area contributed by atoms with Crippen LogP contribution in [0.15, 0.2) is 72.8 Å². The maximum absolute atomic E-state index is 14.1. The summed E-state index contributed by atoms with van der Waals surface area (Å²) in [6, 6.07) is 21.3. The molecule has 1 N–H and O–H groups in total. The molecule has 1 fully saturated rings. The Morgan fingerprint density at radius 2 is 1.82 bits per heavy atom. The fourth-order valence-corrected chi connectivity index (χ4v) is 5.63. The van der Waals surface area contributed by atoms with E-state index in [0.29, 0.717) is 17.0 Å². The zero-order chi connectivity index (χ0) is 28.4. The second kappa shape index (κ2) is 11.3. The minimum atomic E-state index is -1.14. The van der Waals surface area contributed by atoms with Crippen LogP contribution in [-0.4, -0.2) is 57.5 Å². The highest BCUT2D eigenvalue weighted by molar-refractivity contribution is 6.30. The Morgan fingerprint density at radius 1 is 1.05 bits per heavy atom. The summed E-state index contributed by atoms with van der Waals surface area (Å²) < 4.78 is 11.9. The number of ether oxygens (including phenoxy) is 2. The predicted octanol–water partition coefficient (Wildman–Crippen LogP) is 4.64. The summed E-state index contributed by atoms with van der Waals surface area (Å²) in [5.41, 5.74) is 2.99. The Labute approximate surface area is 238 Å². The molecule has 2 heterocycles. The van der Waals surface area contributed by atoms with Crippen molar-refractivity contribution < 1.29 is 29.0 Å². The zero-order valence-corrected chi connectivity index (χ0v) is 23.1. The van der Waals surface area contributed by atoms with Gasteiger partial charge in [0.1, 0.15) is 24.5 Å². The highest BCUT2D eigenvalue weighted by Crippen LogP contribution is 2.36. The number of carboxylic acids is 1. The van der Waals surface area contributed by atoms with E-state index in [4.69, 9.17) is 21.1 Å². The van der Waals surface area contributed by atoms with E-state index in [0.717, 1.165) is 22.4 Å². The van der Waals surface area contributed by atoms with E-state index in [1.807, 2.05) is 68.4 Å². The highest BCUT2D eigenvalue weighted by atomic mass is 35.5. The molecule has 208 valence electrons. The number of nitrogens with zero attached hydrogens (tertiary/aromatic N) is 2. The van der Waals surface area contributed by atoms with Gasteiger partial charge in [-0.1, -0.05) is 66.2 Å². The first-order valence-electron chi connectivity index (χ1n) is 13.1. The van der Waals surface area contributed by atoms with Gasteiger partial charge in [0.25, 0.3) is 5.91 Å². The van der Waals surface area contributed by atoms with Gasteiger partial charge in [0, 0.05) is 24.5 Å². The molecule has 0 unspecified atom stereocenters. The van der Waals surface area contributed by atoms with Crippen LogP contribution in [0.2, 0.25) is 5.02 Å². The molecular formula is C31H31ClN2O6. The number of fused-ring (bicyclic) bond motifs is 1. The van der Waals surface area contributed by atoms with Gasteiger partial charge in [0.05, 0.1) is 6.04 Å². The first-order chi connectivity index (χ1) is 19.1. The van der Waals surface area contributed by atoms with Gasteiger partial charge >= 0.3 is 5.97 Å². The van der Waals surface area contributed by atoms with E-state index >= 15 is 0 Å². The number of carbonyl (C=O) groups is 3. The predicted molar refractivity (Wildman–Crippen MR) is 149 cm³/mol. The average molecular weight is 563 g/mol. The number of benzene rings is 3. The number of halogens is 1. The van der Waals surface area contributed by atoms with Crippen molar-refractivity contribution in [1.29, 1.82) is 0 Å². The summed E-state index contributed by atoms with van der Waals surface area (Å²) in [7, 11) is 0. The molecule has 0 aliphatic carbocycles. The summed E-state index contributed by atoms with van der Waals surface area (Å²) in [6.07, 6.45) is -0.388. The lowest BCUT2D eigenvalue weighted by molar-refractivity contribution is -0.172. The number of hydrogen-bond donors (Lipinski definition) is 1. The summed E-state index contributed by atoms with van der Waals surface area (Å²) in [6.45, 7) is 3.49. The molecule has 2 atom stereocenters. The van der Waals surface area contributed by atoms with E-state index in [9.17, 15) is 19.5 Å². The number of amides is 2. The fourth-order valence-electron chi connectivity index (χ4n) is 5.42. The lowest BCUT2D eigenvalue weighted by Crippen LogP contribution is -2.55. The Balaban J connectivity index is 1.46. The highest BCUT2D eigenvalue weighted by Gasteiger charge is 2.43. The maximum Gasteiger partial charge on any atom is 0.323 e. The molecule has 0 radical (unpaired) electrons. The molecule has 9 heteroatoms. The van der Waals surface area contributed by atoms with E-state index in [1.165, 1.54) is 4.90 Å². The van der Waals surface area contributed by atoms with Crippen LogP contribution in [0.25, 0.3) is 0 Å². The molecule has 5 rings (SSSR count). The van der Waals surface area contributed by atoms with Gasteiger partial charge in [-0.2, -0.15) is 0 Å². The average Bonchev–Trinajstić information content (AvgIpc) is 3.22. The SMILES string of the molecule is CC1(C)Cc2cc(CN(CC(=O)O)C(=O)[C@H]3OCC(=O)N(Cc4cccc(Cl)c4)[C@@H]3c3ccccc3)ccc2O1. The molecule has 8 nitrogen and oxygen atoms in total. The summed E-state index contributed by atoms with van der Waals surface area (Å²) in [4.78, 5) is 42.0. The molecule has 0 spiro atoms. The smallest absolute Gasteiger partial charge is 0.323 e. The van der Waals surface area contributed by atoms with Crippen LogP contribution in [0.4, 0.5) is 0 Å². The van der Waals surface area contributed by atoms with Crippen molar-refractivity contribution in [3.05, 3.63) is 100 Å². The first kappa shape index (κ1) is 27.7. The molecule has 0 bridgehead atoms. The van der Waals surface area contributed by atoms with Crippen LogP contribution in [0.1, 0.15) is 42.1 Å². The van der Waals surface area contributed by atoms with E-state index in [1.54, 1.807) is 23.1 Å². The molecule has 0 saturated carbocycles. The van der Waals surface area contributed by atoms with Gasteiger partial charge in [0.15, 0.2) is 6.10 Å². The van der Waals surface area contributed by atoms with Crippen molar-refractivity contribution in [2.24, 2.45) is 0 Å². The van der Waals surface area contributed by atoms with Crippen molar-refractivity contribution in [2.45, 2.75) is 51.1 Å². The van der Waals surface area contributed by atoms with Crippen molar-refractivity contribution in [2.75, 3.05) is 13.2 Å². The third-order valence-electron chi connectivity index (χ3n) is 7.09. The summed E-state index contributed by atoms with van der Waals surface area (Å²) in [5, 5.41) is 10.2. The molecule has 2 amide bonds. The van der Waals surface area contributed by atoms with Crippen LogP contribution < -0.4 is 4.74 Å². The number of morpholine rings is 1. The second-order valence-corrected chi connectivity index (χ2v) is 11.2. The molecule has 2 aliphatic rings. The van der Waals surface area contributed by atoms with Gasteiger partial charge in [-0.15, -0.1) is 0 Å². The Morgan fingerprint density at radius 3 is 2.55 bits per heavy atom. The Hall–Kier alpha value is -3.88. The van der Waals surface area contributed by atoms with Crippen molar-refractivity contribution in [3.63, 3.8) is 0 Å². The lowest BCUT2D eigenvalue weighted by atomic mass is 9.95. The van der Waals surface area contributed by atoms with Gasteiger partial charge < -0.3 is 24.4 Å². The minimum absolute atomic E-state index is 0.0719. The van der Waals surface area contributed by atoms with Gasteiger partial charge in [-0.3, -0.25) is 14.4 Å². The van der Waals surface area contributed by atoms with Gasteiger partial charge in [-0.25, -0.2) is 0 Å². The van der Waals surface area contributed by atoms with Crippen LogP contribution in [0.3, 0.4) is 0 Å². The second-order valence-electron chi connectivity index (χ2n) is 10.8. The maximum atomic E-state index is 14.1. The Bertz CT molecular complexity index is 1430. The van der Waals surface area contributed by atoms with Crippen LogP contribution in [-0.2, 0) is 38.6 Å². The number of rotatable bonds is 8. The quantitative estimate of drug-likeness (QED) is 0.430. The largest absolute Gasteiger partial charge is 0.487 e. The van der Waals surface area contributed by atoms with Crippen LogP contribution in [0, 0.1) is 0 Å². The summed E-state index contributed by atoms with van der Waals surface area (Å²) >= 11 is 6.20. The third-order valence-corrected chi connectivity index (χ3v) is 7.33. The number of carbonyl (C=O) groups excluding carboxylic acids is 2. The zero-order valence-electron chi connectivity index (χ0n) is 22.4. The van der Waals surface area contributed by atoms with Gasteiger partial charge in [0.2, 0.25) is 5.91 Å².